The number of carbonyl (C=O) groups is 2. The van der Waals surface area contributed by atoms with Crippen molar-refractivity contribution in [2.24, 2.45) is 0 Å². The first kappa shape index (κ1) is 14.9. The summed E-state index contributed by atoms with van der Waals surface area (Å²) in [7, 11) is 1.29. The summed E-state index contributed by atoms with van der Waals surface area (Å²) in [5, 5.41) is 5.81. The largest absolute Gasteiger partial charge is 0.467 e. The fourth-order valence-electron chi connectivity index (χ4n) is 1.85. The zero-order valence-corrected chi connectivity index (χ0v) is 11.2. The van der Waals surface area contributed by atoms with Gasteiger partial charge >= 0.3 is 5.97 Å². The average molecular weight is 258 g/mol. The van der Waals surface area contributed by atoms with Crippen LogP contribution in [-0.4, -0.2) is 50.3 Å². The topological polar surface area (TPSA) is 76.7 Å². The normalized spacial score (nSPS) is 17.3. The summed E-state index contributed by atoms with van der Waals surface area (Å²) in [4.78, 5) is 23.1. The van der Waals surface area contributed by atoms with Gasteiger partial charge in [-0.2, -0.15) is 0 Å². The highest BCUT2D eigenvalue weighted by atomic mass is 16.5. The maximum atomic E-state index is 11.7. The van der Waals surface area contributed by atoms with Crippen LogP contribution in [0.5, 0.6) is 0 Å². The molecule has 1 saturated heterocycles. The number of ether oxygens (including phenoxy) is 2. The molecule has 1 amide bonds. The van der Waals surface area contributed by atoms with Crippen LogP contribution in [0.1, 0.15) is 26.7 Å². The average Bonchev–Trinajstić information content (AvgIpc) is 2.36. The smallest absolute Gasteiger partial charge is 0.330 e. The molecule has 0 spiro atoms. The van der Waals surface area contributed by atoms with Crippen LogP contribution >= 0.6 is 0 Å². The van der Waals surface area contributed by atoms with Gasteiger partial charge in [-0.3, -0.25) is 4.79 Å². The Bertz CT molecular complexity index is 298. The van der Waals surface area contributed by atoms with E-state index in [1.807, 2.05) is 0 Å². The number of hydrogen-bond acceptors (Lipinski definition) is 5. The van der Waals surface area contributed by atoms with E-state index in [-0.39, 0.29) is 18.6 Å². The van der Waals surface area contributed by atoms with Gasteiger partial charge < -0.3 is 20.1 Å². The van der Waals surface area contributed by atoms with Crippen LogP contribution in [0.4, 0.5) is 0 Å². The van der Waals surface area contributed by atoms with E-state index >= 15 is 0 Å². The van der Waals surface area contributed by atoms with Gasteiger partial charge in [0, 0.05) is 0 Å². The number of rotatable bonds is 5. The van der Waals surface area contributed by atoms with Gasteiger partial charge in [-0.15, -0.1) is 0 Å². The fraction of sp³-hybridized carbons (Fsp3) is 0.833. The predicted molar refractivity (Wildman–Crippen MR) is 66.1 cm³/mol. The second kappa shape index (κ2) is 6.70. The third kappa shape index (κ3) is 4.62. The number of amides is 1. The summed E-state index contributed by atoms with van der Waals surface area (Å²) < 4.78 is 10.1. The molecule has 104 valence electrons. The molecular formula is C12H22N2O4. The molecule has 0 aromatic rings. The lowest BCUT2D eigenvalue weighted by molar-refractivity contribution is -0.150. The number of hydrogen-bond donors (Lipinski definition) is 2. The molecular weight excluding hydrogens is 236 g/mol. The van der Waals surface area contributed by atoms with Crippen molar-refractivity contribution in [3.8, 4) is 0 Å². The third-order valence-corrected chi connectivity index (χ3v) is 2.88. The van der Waals surface area contributed by atoms with Crippen LogP contribution < -0.4 is 10.6 Å². The van der Waals surface area contributed by atoms with Gasteiger partial charge in [-0.25, -0.2) is 4.79 Å². The molecule has 1 fully saturated rings. The van der Waals surface area contributed by atoms with Crippen LogP contribution in [-0.2, 0) is 19.1 Å². The van der Waals surface area contributed by atoms with Gasteiger partial charge in [0.15, 0.2) is 0 Å². The van der Waals surface area contributed by atoms with Crippen molar-refractivity contribution in [3.05, 3.63) is 0 Å². The van der Waals surface area contributed by atoms with Crippen LogP contribution in [0.25, 0.3) is 0 Å². The second-order valence-corrected chi connectivity index (χ2v) is 4.93. The molecule has 0 aliphatic carbocycles. The van der Waals surface area contributed by atoms with Crippen LogP contribution in [0.15, 0.2) is 0 Å². The molecule has 0 bridgehead atoms. The third-order valence-electron chi connectivity index (χ3n) is 2.88. The number of methoxy groups -OCH3 is 1. The number of piperidine rings is 1. The molecule has 1 rings (SSSR count). The summed E-state index contributed by atoms with van der Waals surface area (Å²) in [6.07, 6.45) is 1.94. The molecule has 1 aliphatic rings. The van der Waals surface area contributed by atoms with Gasteiger partial charge in [0.05, 0.1) is 13.2 Å². The van der Waals surface area contributed by atoms with E-state index in [4.69, 9.17) is 4.74 Å². The molecule has 0 aromatic carbocycles. The van der Waals surface area contributed by atoms with Crippen molar-refractivity contribution in [1.82, 2.24) is 10.6 Å². The van der Waals surface area contributed by atoms with Gasteiger partial charge in [0.25, 0.3) is 0 Å². The van der Waals surface area contributed by atoms with Crippen molar-refractivity contribution in [3.63, 3.8) is 0 Å². The molecule has 2 N–H and O–H groups in total. The monoisotopic (exact) mass is 258 g/mol. The van der Waals surface area contributed by atoms with E-state index in [9.17, 15) is 9.59 Å². The van der Waals surface area contributed by atoms with E-state index in [2.05, 4.69) is 15.4 Å². The Hall–Kier alpha value is -1.14. The lowest BCUT2D eigenvalue weighted by Gasteiger charge is -2.25. The summed E-state index contributed by atoms with van der Waals surface area (Å²) in [5.41, 5.74) is -1.02. The maximum absolute atomic E-state index is 11.7. The molecule has 0 atom stereocenters. The van der Waals surface area contributed by atoms with Crippen molar-refractivity contribution in [2.45, 2.75) is 38.3 Å². The molecule has 1 aliphatic heterocycles. The van der Waals surface area contributed by atoms with Crippen molar-refractivity contribution in [1.29, 1.82) is 0 Å². The van der Waals surface area contributed by atoms with Crippen LogP contribution in [0.2, 0.25) is 0 Å². The molecule has 0 saturated carbocycles. The highest BCUT2D eigenvalue weighted by Crippen LogP contribution is 2.08. The Kier molecular flexibility index (Phi) is 5.55. The molecule has 0 aromatic heterocycles. The first-order valence-electron chi connectivity index (χ1n) is 6.17. The van der Waals surface area contributed by atoms with E-state index in [0.717, 1.165) is 25.9 Å². The minimum absolute atomic E-state index is 0.0227. The molecule has 0 unspecified atom stereocenters. The first-order valence-corrected chi connectivity index (χ1v) is 6.17. The lowest BCUT2D eigenvalue weighted by atomic mass is 10.1. The Morgan fingerprint density at radius 1 is 1.33 bits per heavy atom. The van der Waals surface area contributed by atoms with Gasteiger partial charge in [-0.1, -0.05) is 0 Å². The summed E-state index contributed by atoms with van der Waals surface area (Å²) in [6.45, 7) is 5.01. The number of nitrogens with one attached hydrogen (secondary N) is 2. The first-order chi connectivity index (χ1) is 8.45. The zero-order chi connectivity index (χ0) is 13.6. The maximum Gasteiger partial charge on any atom is 0.330 e. The Morgan fingerprint density at radius 3 is 2.50 bits per heavy atom. The molecule has 18 heavy (non-hydrogen) atoms. The summed E-state index contributed by atoms with van der Waals surface area (Å²) >= 11 is 0. The zero-order valence-electron chi connectivity index (χ0n) is 11.2. The summed E-state index contributed by atoms with van der Waals surface area (Å²) in [5.74, 6) is -0.776. The van der Waals surface area contributed by atoms with Crippen LogP contribution in [0.3, 0.4) is 0 Å². The summed E-state index contributed by atoms with van der Waals surface area (Å²) in [6, 6.07) is 0. The van der Waals surface area contributed by atoms with E-state index in [1.54, 1.807) is 13.8 Å². The molecule has 6 nitrogen and oxygen atoms in total. The Balaban J connectivity index is 2.30. The quantitative estimate of drug-likeness (QED) is 0.669. The SMILES string of the molecule is COC(=O)C(C)(C)NC(=O)COC1CCNCC1. The Morgan fingerprint density at radius 2 is 1.94 bits per heavy atom. The van der Waals surface area contributed by atoms with Crippen molar-refractivity contribution < 1.29 is 19.1 Å². The number of carbonyl (C=O) groups excluding carboxylic acids is 2. The highest BCUT2D eigenvalue weighted by Gasteiger charge is 2.30. The fourth-order valence-corrected chi connectivity index (χ4v) is 1.85. The van der Waals surface area contributed by atoms with Crippen molar-refractivity contribution >= 4 is 11.9 Å². The second-order valence-electron chi connectivity index (χ2n) is 4.93. The predicted octanol–water partition coefficient (Wildman–Crippen LogP) is -0.177. The van der Waals surface area contributed by atoms with E-state index < -0.39 is 11.5 Å². The van der Waals surface area contributed by atoms with Gasteiger partial charge in [0.1, 0.15) is 12.1 Å². The van der Waals surface area contributed by atoms with Crippen LogP contribution in [0, 0.1) is 0 Å². The van der Waals surface area contributed by atoms with Gasteiger partial charge in [-0.05, 0) is 39.8 Å². The van der Waals surface area contributed by atoms with E-state index in [0.29, 0.717) is 0 Å². The van der Waals surface area contributed by atoms with E-state index in [1.165, 1.54) is 7.11 Å². The van der Waals surface area contributed by atoms with Gasteiger partial charge in [0.2, 0.25) is 5.91 Å². The van der Waals surface area contributed by atoms with Crippen molar-refractivity contribution in [2.75, 3.05) is 26.8 Å². The molecule has 0 radical (unpaired) electrons. The standard InChI is InChI=1S/C12H22N2O4/c1-12(2,11(16)17-3)14-10(15)8-18-9-4-6-13-7-5-9/h9,13H,4-8H2,1-3H3,(H,14,15). The minimum atomic E-state index is -1.02. The highest BCUT2D eigenvalue weighted by molar-refractivity contribution is 5.87. The minimum Gasteiger partial charge on any atom is -0.467 e. The lowest BCUT2D eigenvalue weighted by Crippen LogP contribution is -2.51. The Labute approximate surface area is 107 Å². The molecule has 1 heterocycles. The molecule has 6 heteroatoms. The number of esters is 1.